The average molecular weight is 316 g/mol. The summed E-state index contributed by atoms with van der Waals surface area (Å²) >= 11 is 0. The maximum absolute atomic E-state index is 11.0. The summed E-state index contributed by atoms with van der Waals surface area (Å²) in [5, 5.41) is 20.0. The van der Waals surface area contributed by atoms with Gasteiger partial charge in [0.05, 0.1) is 4.92 Å². The van der Waals surface area contributed by atoms with Crippen molar-refractivity contribution < 1.29 is 14.8 Å². The predicted molar refractivity (Wildman–Crippen MR) is 81.2 cm³/mol. The van der Waals surface area contributed by atoms with E-state index in [9.17, 15) is 14.9 Å². The molecular formula is C13H18ClN3O4. The Labute approximate surface area is 128 Å². The first-order chi connectivity index (χ1) is 9.50. The van der Waals surface area contributed by atoms with Gasteiger partial charge in [-0.3, -0.25) is 19.8 Å². The van der Waals surface area contributed by atoms with Crippen molar-refractivity contribution in [2.45, 2.75) is 13.0 Å². The summed E-state index contributed by atoms with van der Waals surface area (Å²) in [6.45, 7) is 3.99. The van der Waals surface area contributed by atoms with Gasteiger partial charge >= 0.3 is 5.97 Å². The summed E-state index contributed by atoms with van der Waals surface area (Å²) in [7, 11) is 0. The summed E-state index contributed by atoms with van der Waals surface area (Å²) in [5.41, 5.74) is 0.687. The van der Waals surface area contributed by atoms with Crippen molar-refractivity contribution >= 4 is 29.8 Å². The van der Waals surface area contributed by atoms with Crippen molar-refractivity contribution in [3.05, 3.63) is 34.4 Å². The Kier molecular flexibility index (Phi) is 5.92. The van der Waals surface area contributed by atoms with Crippen molar-refractivity contribution in [1.82, 2.24) is 4.90 Å². The van der Waals surface area contributed by atoms with Crippen LogP contribution in [0.25, 0.3) is 0 Å². The molecule has 1 atom stereocenters. The maximum atomic E-state index is 11.0. The molecular weight excluding hydrogens is 298 g/mol. The second-order valence-corrected chi connectivity index (χ2v) is 4.78. The number of carboxylic acids is 1. The minimum atomic E-state index is -0.843. The van der Waals surface area contributed by atoms with Crippen LogP contribution in [-0.4, -0.2) is 53.1 Å². The van der Waals surface area contributed by atoms with Crippen molar-refractivity contribution in [2.24, 2.45) is 0 Å². The Bertz CT molecular complexity index is 518. The quantitative estimate of drug-likeness (QED) is 0.671. The number of aliphatic carboxylic acids is 1. The van der Waals surface area contributed by atoms with Gasteiger partial charge in [0.15, 0.2) is 0 Å². The highest BCUT2D eigenvalue weighted by molar-refractivity contribution is 5.85. The number of nitro benzene ring substituents is 1. The number of benzene rings is 1. The molecule has 1 unspecified atom stereocenters. The van der Waals surface area contributed by atoms with E-state index < -0.39 is 12.0 Å². The highest BCUT2D eigenvalue weighted by Gasteiger charge is 2.27. The van der Waals surface area contributed by atoms with Crippen molar-refractivity contribution in [2.75, 3.05) is 31.1 Å². The van der Waals surface area contributed by atoms with Crippen LogP contribution in [0.5, 0.6) is 0 Å². The molecule has 1 fully saturated rings. The van der Waals surface area contributed by atoms with E-state index >= 15 is 0 Å². The Hall–Kier alpha value is -1.86. The Morgan fingerprint density at radius 1 is 1.29 bits per heavy atom. The number of hydrogen-bond acceptors (Lipinski definition) is 5. The van der Waals surface area contributed by atoms with E-state index in [1.54, 1.807) is 25.1 Å². The Balaban J connectivity index is 0.00000220. The zero-order chi connectivity index (χ0) is 14.7. The number of nitrogens with zero attached hydrogens (tertiary/aromatic N) is 3. The van der Waals surface area contributed by atoms with E-state index in [0.717, 1.165) is 0 Å². The second kappa shape index (κ2) is 7.24. The first kappa shape index (κ1) is 17.2. The fraction of sp³-hybridized carbons (Fsp3) is 0.462. The zero-order valence-corrected chi connectivity index (χ0v) is 12.5. The summed E-state index contributed by atoms with van der Waals surface area (Å²) < 4.78 is 0. The Morgan fingerprint density at radius 2 is 1.86 bits per heavy atom. The number of nitro groups is 1. The molecule has 1 aliphatic heterocycles. The van der Waals surface area contributed by atoms with Gasteiger partial charge in [0.1, 0.15) is 11.7 Å². The number of anilines is 1. The number of carbonyl (C=O) groups is 1. The number of halogens is 1. The lowest BCUT2D eigenvalue weighted by Crippen LogP contribution is -2.51. The van der Waals surface area contributed by atoms with E-state index in [4.69, 9.17) is 5.11 Å². The summed E-state index contributed by atoms with van der Waals surface area (Å²) in [6.07, 6.45) is 0. The third-order valence-corrected chi connectivity index (χ3v) is 3.64. The Morgan fingerprint density at radius 3 is 2.38 bits per heavy atom. The van der Waals surface area contributed by atoms with E-state index in [-0.39, 0.29) is 23.0 Å². The van der Waals surface area contributed by atoms with Crippen LogP contribution >= 0.6 is 12.4 Å². The van der Waals surface area contributed by atoms with Crippen LogP contribution in [0, 0.1) is 10.1 Å². The first-order valence-electron chi connectivity index (χ1n) is 6.46. The molecule has 0 aliphatic carbocycles. The van der Waals surface area contributed by atoms with Gasteiger partial charge < -0.3 is 10.0 Å². The van der Waals surface area contributed by atoms with Gasteiger partial charge in [-0.05, 0) is 13.0 Å². The molecule has 21 heavy (non-hydrogen) atoms. The molecule has 0 spiro atoms. The van der Waals surface area contributed by atoms with Crippen LogP contribution < -0.4 is 4.90 Å². The van der Waals surface area contributed by atoms with Crippen molar-refractivity contribution in [3.63, 3.8) is 0 Å². The highest BCUT2D eigenvalue weighted by Crippen LogP contribution is 2.28. The van der Waals surface area contributed by atoms with Crippen LogP contribution in [0.2, 0.25) is 0 Å². The number of para-hydroxylation sites is 2. The fourth-order valence-electron chi connectivity index (χ4n) is 2.39. The molecule has 1 heterocycles. The molecule has 8 heteroatoms. The molecule has 7 nitrogen and oxygen atoms in total. The standard InChI is InChI=1S/C13H17N3O4.ClH/c1-10(13(17)18)14-6-8-15(9-7-14)11-4-2-3-5-12(11)16(19)20;/h2-5,10H,6-9H2,1H3,(H,17,18);1H. The SMILES string of the molecule is CC(C(=O)O)N1CCN(c2ccccc2[N+](=O)[O-])CC1.Cl. The minimum Gasteiger partial charge on any atom is -0.480 e. The molecule has 0 amide bonds. The van der Waals surface area contributed by atoms with Crippen LogP contribution in [0.15, 0.2) is 24.3 Å². The maximum Gasteiger partial charge on any atom is 0.320 e. The molecule has 0 bridgehead atoms. The largest absolute Gasteiger partial charge is 0.480 e. The number of carboxylic acid groups (broad SMARTS) is 1. The van der Waals surface area contributed by atoms with Gasteiger partial charge in [-0.25, -0.2) is 0 Å². The molecule has 1 aliphatic rings. The lowest BCUT2D eigenvalue weighted by molar-refractivity contribution is -0.384. The molecule has 1 aromatic rings. The molecule has 1 aromatic carbocycles. The van der Waals surface area contributed by atoms with Crippen molar-refractivity contribution in [3.8, 4) is 0 Å². The smallest absolute Gasteiger partial charge is 0.320 e. The summed E-state index contributed by atoms with van der Waals surface area (Å²) in [6, 6.07) is 6.11. The lowest BCUT2D eigenvalue weighted by atomic mass is 10.2. The van der Waals surface area contributed by atoms with Crippen LogP contribution in [0.4, 0.5) is 11.4 Å². The van der Waals surface area contributed by atoms with E-state index in [1.165, 1.54) is 6.07 Å². The third kappa shape index (κ3) is 3.83. The van der Waals surface area contributed by atoms with Gasteiger partial charge in [-0.15, -0.1) is 12.4 Å². The first-order valence-corrected chi connectivity index (χ1v) is 6.46. The monoisotopic (exact) mass is 315 g/mol. The second-order valence-electron chi connectivity index (χ2n) is 4.78. The van der Waals surface area contributed by atoms with Gasteiger partial charge in [0.2, 0.25) is 0 Å². The van der Waals surface area contributed by atoms with Crippen LogP contribution in [-0.2, 0) is 4.79 Å². The van der Waals surface area contributed by atoms with Crippen molar-refractivity contribution in [1.29, 1.82) is 0 Å². The van der Waals surface area contributed by atoms with E-state index in [0.29, 0.717) is 31.9 Å². The van der Waals surface area contributed by atoms with E-state index in [1.807, 2.05) is 9.80 Å². The minimum absolute atomic E-state index is 0. The van der Waals surface area contributed by atoms with Gasteiger partial charge in [0.25, 0.3) is 5.69 Å². The highest BCUT2D eigenvalue weighted by atomic mass is 35.5. The number of hydrogen-bond donors (Lipinski definition) is 1. The fourth-order valence-corrected chi connectivity index (χ4v) is 2.39. The molecule has 1 N–H and O–H groups in total. The predicted octanol–water partition coefficient (Wildman–Crippen LogP) is 1.61. The number of piperazine rings is 1. The summed E-state index contributed by atoms with van der Waals surface area (Å²) in [4.78, 5) is 25.4. The molecule has 1 saturated heterocycles. The lowest BCUT2D eigenvalue weighted by Gasteiger charge is -2.37. The number of rotatable bonds is 4. The zero-order valence-electron chi connectivity index (χ0n) is 11.6. The third-order valence-electron chi connectivity index (χ3n) is 3.64. The molecule has 0 saturated carbocycles. The molecule has 0 aromatic heterocycles. The molecule has 2 rings (SSSR count). The molecule has 116 valence electrons. The van der Waals surface area contributed by atoms with E-state index in [2.05, 4.69) is 0 Å². The average Bonchev–Trinajstić information content (AvgIpc) is 2.46. The van der Waals surface area contributed by atoms with Gasteiger partial charge in [0, 0.05) is 32.2 Å². The normalized spacial score (nSPS) is 16.9. The van der Waals surface area contributed by atoms with Gasteiger partial charge in [-0.1, -0.05) is 12.1 Å². The summed E-state index contributed by atoms with van der Waals surface area (Å²) in [5.74, 6) is -0.843. The topological polar surface area (TPSA) is 86.9 Å². The molecule has 0 radical (unpaired) electrons. The van der Waals surface area contributed by atoms with Gasteiger partial charge in [-0.2, -0.15) is 0 Å². The van der Waals surface area contributed by atoms with Crippen LogP contribution in [0.1, 0.15) is 6.92 Å². The van der Waals surface area contributed by atoms with Crippen LogP contribution in [0.3, 0.4) is 0 Å².